The van der Waals surface area contributed by atoms with E-state index in [1.54, 1.807) is 23.7 Å². The fourth-order valence-electron chi connectivity index (χ4n) is 1.79. The Morgan fingerprint density at radius 1 is 1.44 bits per heavy atom. The second-order valence-corrected chi connectivity index (χ2v) is 4.03. The average molecular weight is 247 g/mol. The number of carbonyl (C=O) groups is 1. The predicted octanol–water partition coefficient (Wildman–Crippen LogP) is 2.17. The molecule has 0 amide bonds. The van der Waals surface area contributed by atoms with Crippen molar-refractivity contribution in [2.75, 3.05) is 0 Å². The lowest BCUT2D eigenvalue weighted by Gasteiger charge is -2.05. The Morgan fingerprint density at radius 2 is 2.22 bits per heavy atom. The number of halogens is 1. The molecule has 0 aliphatic heterocycles. The summed E-state index contributed by atoms with van der Waals surface area (Å²) >= 11 is 0. The second-order valence-electron chi connectivity index (χ2n) is 4.03. The molecule has 2 aromatic rings. The summed E-state index contributed by atoms with van der Waals surface area (Å²) in [7, 11) is 0. The molecule has 18 heavy (non-hydrogen) atoms. The zero-order chi connectivity index (χ0) is 13.1. The van der Waals surface area contributed by atoms with Crippen LogP contribution >= 0.6 is 0 Å². The van der Waals surface area contributed by atoms with Gasteiger partial charge in [-0.05, 0) is 25.5 Å². The highest BCUT2D eigenvalue weighted by Gasteiger charge is 2.16. The summed E-state index contributed by atoms with van der Waals surface area (Å²) in [5, 5.41) is 3.98. The third-order valence-corrected chi connectivity index (χ3v) is 2.81. The summed E-state index contributed by atoms with van der Waals surface area (Å²) in [5.41, 5.74) is 0.582. The highest BCUT2D eigenvalue weighted by atomic mass is 19.1. The maximum atomic E-state index is 13.8. The van der Waals surface area contributed by atoms with Crippen molar-refractivity contribution in [3.63, 3.8) is 0 Å². The number of hydrogen-bond acceptors (Lipinski definition) is 3. The Morgan fingerprint density at radius 3 is 2.94 bits per heavy atom. The molecule has 1 aromatic heterocycles. The predicted molar refractivity (Wildman–Crippen MR) is 64.9 cm³/mol. The topological polar surface area (TPSA) is 47.8 Å². The van der Waals surface area contributed by atoms with Crippen molar-refractivity contribution < 1.29 is 9.18 Å². The Bertz CT molecular complexity index is 577. The maximum Gasteiger partial charge on any atom is 0.173 e. The Labute approximate surface area is 104 Å². The molecule has 0 atom stereocenters. The van der Waals surface area contributed by atoms with Crippen LogP contribution < -0.4 is 0 Å². The number of Topliss-reactive ketones (excluding diaryl/α,β-unsaturated/α-hetero) is 1. The van der Waals surface area contributed by atoms with Gasteiger partial charge in [0.2, 0.25) is 0 Å². The third kappa shape index (κ3) is 2.30. The van der Waals surface area contributed by atoms with Gasteiger partial charge in [-0.3, -0.25) is 4.79 Å². The van der Waals surface area contributed by atoms with Crippen LogP contribution in [0, 0.1) is 12.7 Å². The summed E-state index contributed by atoms with van der Waals surface area (Å²) in [4.78, 5) is 16.0. The largest absolute Gasteiger partial charge is 0.294 e. The molecule has 0 aliphatic carbocycles. The van der Waals surface area contributed by atoms with Gasteiger partial charge in [0, 0.05) is 6.54 Å². The quantitative estimate of drug-likeness (QED) is 0.778. The molecule has 0 radical (unpaired) electrons. The maximum absolute atomic E-state index is 13.8. The lowest BCUT2D eigenvalue weighted by molar-refractivity contribution is 0.0985. The van der Waals surface area contributed by atoms with Gasteiger partial charge in [-0.15, -0.1) is 0 Å². The van der Waals surface area contributed by atoms with Gasteiger partial charge >= 0.3 is 0 Å². The Balaban J connectivity index is 2.25. The van der Waals surface area contributed by atoms with E-state index in [2.05, 4.69) is 10.1 Å². The fourth-order valence-corrected chi connectivity index (χ4v) is 1.79. The van der Waals surface area contributed by atoms with Crippen LogP contribution in [0.1, 0.15) is 28.7 Å². The lowest BCUT2D eigenvalue weighted by atomic mass is 10.0. The number of aromatic nitrogens is 3. The first-order chi connectivity index (χ1) is 8.63. The van der Waals surface area contributed by atoms with E-state index in [1.807, 2.05) is 6.92 Å². The molecule has 1 heterocycles. The molecule has 0 fully saturated rings. The number of aryl methyl sites for hydroxylation is 2. The standard InChI is InChI=1S/C13H14FN3O/c1-3-17-12(15-8-16-17)7-11(18)10-6-4-5-9(2)13(10)14/h4-6,8H,3,7H2,1-2H3. The summed E-state index contributed by atoms with van der Waals surface area (Å²) < 4.78 is 15.4. The van der Waals surface area contributed by atoms with Crippen LogP contribution in [0.15, 0.2) is 24.5 Å². The van der Waals surface area contributed by atoms with Crippen LogP contribution in [-0.4, -0.2) is 20.5 Å². The molecule has 0 N–H and O–H groups in total. The number of rotatable bonds is 4. The van der Waals surface area contributed by atoms with Crippen molar-refractivity contribution >= 4 is 5.78 Å². The molecule has 1 aromatic carbocycles. The van der Waals surface area contributed by atoms with Gasteiger partial charge in [0.25, 0.3) is 0 Å². The van der Waals surface area contributed by atoms with Gasteiger partial charge in [-0.1, -0.05) is 12.1 Å². The molecule has 0 aliphatic rings. The van der Waals surface area contributed by atoms with Crippen molar-refractivity contribution in [2.24, 2.45) is 0 Å². The van der Waals surface area contributed by atoms with Crippen LogP contribution in [0.3, 0.4) is 0 Å². The van der Waals surface area contributed by atoms with Gasteiger partial charge in [0.1, 0.15) is 18.0 Å². The first-order valence-corrected chi connectivity index (χ1v) is 5.78. The molecule has 0 saturated heterocycles. The molecule has 0 unspecified atom stereocenters. The smallest absolute Gasteiger partial charge is 0.173 e. The van der Waals surface area contributed by atoms with Gasteiger partial charge in [-0.25, -0.2) is 14.1 Å². The van der Waals surface area contributed by atoms with E-state index < -0.39 is 5.82 Å². The SMILES string of the molecule is CCn1ncnc1CC(=O)c1cccc(C)c1F. The highest BCUT2D eigenvalue weighted by molar-refractivity contribution is 5.97. The van der Waals surface area contributed by atoms with E-state index in [-0.39, 0.29) is 17.8 Å². The molecule has 0 bridgehead atoms. The summed E-state index contributed by atoms with van der Waals surface area (Å²) in [6.45, 7) is 4.19. The zero-order valence-corrected chi connectivity index (χ0v) is 10.4. The van der Waals surface area contributed by atoms with E-state index in [0.717, 1.165) is 0 Å². The lowest BCUT2D eigenvalue weighted by Crippen LogP contribution is -2.12. The zero-order valence-electron chi connectivity index (χ0n) is 10.4. The number of nitrogens with zero attached hydrogens (tertiary/aromatic N) is 3. The van der Waals surface area contributed by atoms with Crippen LogP contribution in [0.4, 0.5) is 4.39 Å². The normalized spacial score (nSPS) is 10.6. The van der Waals surface area contributed by atoms with Crippen LogP contribution in [-0.2, 0) is 13.0 Å². The summed E-state index contributed by atoms with van der Waals surface area (Å²) in [6, 6.07) is 4.81. The van der Waals surface area contributed by atoms with Gasteiger partial charge < -0.3 is 0 Å². The van der Waals surface area contributed by atoms with Crippen molar-refractivity contribution in [1.82, 2.24) is 14.8 Å². The monoisotopic (exact) mass is 247 g/mol. The van der Waals surface area contributed by atoms with E-state index >= 15 is 0 Å². The van der Waals surface area contributed by atoms with Gasteiger partial charge in [-0.2, -0.15) is 5.10 Å². The molecule has 0 saturated carbocycles. The number of carbonyl (C=O) groups excluding carboxylic acids is 1. The fraction of sp³-hybridized carbons (Fsp3) is 0.308. The first-order valence-electron chi connectivity index (χ1n) is 5.78. The molecule has 2 rings (SSSR count). The van der Waals surface area contributed by atoms with Gasteiger partial charge in [0.05, 0.1) is 12.0 Å². The number of ketones is 1. The summed E-state index contributed by atoms with van der Waals surface area (Å²) in [5.74, 6) is -0.174. The minimum atomic E-state index is -0.454. The highest BCUT2D eigenvalue weighted by Crippen LogP contribution is 2.14. The van der Waals surface area contributed by atoms with Crippen molar-refractivity contribution in [3.8, 4) is 0 Å². The molecule has 5 heteroatoms. The Kier molecular flexibility index (Phi) is 3.50. The van der Waals surface area contributed by atoms with Gasteiger partial charge in [0.15, 0.2) is 5.78 Å². The minimum absolute atomic E-state index is 0.0637. The third-order valence-electron chi connectivity index (χ3n) is 2.81. The first kappa shape index (κ1) is 12.4. The van der Waals surface area contributed by atoms with Crippen molar-refractivity contribution in [3.05, 3.63) is 47.3 Å². The number of hydrogen-bond donors (Lipinski definition) is 0. The molecule has 4 nitrogen and oxygen atoms in total. The molecular formula is C13H14FN3O. The Hall–Kier alpha value is -2.04. The minimum Gasteiger partial charge on any atom is -0.294 e. The number of benzene rings is 1. The van der Waals surface area contributed by atoms with E-state index in [0.29, 0.717) is 17.9 Å². The molecule has 0 spiro atoms. The summed E-state index contributed by atoms with van der Waals surface area (Å²) in [6.07, 6.45) is 1.47. The van der Waals surface area contributed by atoms with Crippen molar-refractivity contribution in [2.45, 2.75) is 26.8 Å². The molecular weight excluding hydrogens is 233 g/mol. The van der Waals surface area contributed by atoms with E-state index in [9.17, 15) is 9.18 Å². The van der Waals surface area contributed by atoms with Crippen LogP contribution in [0.2, 0.25) is 0 Å². The molecule has 94 valence electrons. The second kappa shape index (κ2) is 5.08. The van der Waals surface area contributed by atoms with E-state index in [1.165, 1.54) is 12.4 Å². The average Bonchev–Trinajstić information content (AvgIpc) is 2.79. The van der Waals surface area contributed by atoms with Crippen LogP contribution in [0.25, 0.3) is 0 Å². The van der Waals surface area contributed by atoms with Crippen LogP contribution in [0.5, 0.6) is 0 Å². The van der Waals surface area contributed by atoms with Crippen molar-refractivity contribution in [1.29, 1.82) is 0 Å². The van der Waals surface area contributed by atoms with E-state index in [4.69, 9.17) is 0 Å².